The topological polar surface area (TPSA) is 55.4 Å². The van der Waals surface area contributed by atoms with Gasteiger partial charge in [0.15, 0.2) is 0 Å². The van der Waals surface area contributed by atoms with Gasteiger partial charge < -0.3 is 10.1 Å². The normalized spacial score (nSPS) is 10.2. The van der Waals surface area contributed by atoms with E-state index in [1.807, 2.05) is 6.07 Å². The van der Waals surface area contributed by atoms with Crippen LogP contribution < -0.4 is 5.32 Å². The predicted molar refractivity (Wildman–Crippen MR) is 65.5 cm³/mol. The second-order valence-electron chi connectivity index (χ2n) is 3.18. The summed E-state index contributed by atoms with van der Waals surface area (Å²) in [6.07, 6.45) is 2.94. The highest BCUT2D eigenvalue weighted by molar-refractivity contribution is 6.30. The van der Waals surface area contributed by atoms with Crippen molar-refractivity contribution in [2.24, 2.45) is 0 Å². The number of carbonyl (C=O) groups is 2. The Labute approximate surface area is 104 Å². The van der Waals surface area contributed by atoms with Crippen LogP contribution in [0, 0.1) is 0 Å². The summed E-state index contributed by atoms with van der Waals surface area (Å²) in [5.41, 5.74) is 0.811. The van der Waals surface area contributed by atoms with Gasteiger partial charge in [0, 0.05) is 11.1 Å². The molecule has 0 spiro atoms. The Morgan fingerprint density at radius 3 is 2.88 bits per heavy atom. The minimum Gasteiger partial charge on any atom is -0.468 e. The summed E-state index contributed by atoms with van der Waals surface area (Å²) < 4.78 is 4.38. The Kier molecular flexibility index (Phi) is 5.23. The molecule has 1 rings (SSSR count). The van der Waals surface area contributed by atoms with Crippen molar-refractivity contribution >= 4 is 29.6 Å². The summed E-state index contributed by atoms with van der Waals surface area (Å²) >= 11 is 5.79. The van der Waals surface area contributed by atoms with Gasteiger partial charge in [-0.2, -0.15) is 0 Å². The first-order chi connectivity index (χ1) is 8.11. The monoisotopic (exact) mass is 253 g/mol. The van der Waals surface area contributed by atoms with E-state index < -0.39 is 5.97 Å². The van der Waals surface area contributed by atoms with Gasteiger partial charge in [-0.3, -0.25) is 9.59 Å². The Bertz CT molecular complexity index is 443. The van der Waals surface area contributed by atoms with Gasteiger partial charge in [-0.15, -0.1) is 0 Å². The first-order valence-corrected chi connectivity index (χ1v) is 5.28. The van der Waals surface area contributed by atoms with Gasteiger partial charge in [0.05, 0.1) is 7.11 Å². The summed E-state index contributed by atoms with van der Waals surface area (Å²) in [7, 11) is 1.26. The molecule has 1 aromatic rings. The lowest BCUT2D eigenvalue weighted by Crippen LogP contribution is -2.28. The van der Waals surface area contributed by atoms with Crippen LogP contribution in [0.15, 0.2) is 30.3 Å². The van der Waals surface area contributed by atoms with E-state index >= 15 is 0 Å². The third kappa shape index (κ3) is 5.17. The molecule has 0 bridgehead atoms. The number of rotatable bonds is 4. The number of carbonyl (C=O) groups excluding carboxylic acids is 2. The largest absolute Gasteiger partial charge is 0.468 e. The van der Waals surface area contributed by atoms with Crippen molar-refractivity contribution in [2.75, 3.05) is 13.7 Å². The average molecular weight is 254 g/mol. The highest BCUT2D eigenvalue weighted by atomic mass is 35.5. The van der Waals surface area contributed by atoms with Gasteiger partial charge in [-0.1, -0.05) is 23.7 Å². The van der Waals surface area contributed by atoms with E-state index in [-0.39, 0.29) is 12.5 Å². The van der Waals surface area contributed by atoms with Crippen molar-refractivity contribution in [1.29, 1.82) is 0 Å². The van der Waals surface area contributed by atoms with E-state index in [0.29, 0.717) is 5.02 Å². The zero-order chi connectivity index (χ0) is 12.7. The van der Waals surface area contributed by atoms with Crippen molar-refractivity contribution in [2.45, 2.75) is 0 Å². The SMILES string of the molecule is COC(=O)CNC(=O)C=Cc1cccc(Cl)c1. The Morgan fingerprint density at radius 2 is 2.24 bits per heavy atom. The summed E-state index contributed by atoms with van der Waals surface area (Å²) in [5.74, 6) is -0.857. The highest BCUT2D eigenvalue weighted by Crippen LogP contribution is 2.11. The number of amides is 1. The molecule has 0 heterocycles. The molecule has 0 atom stereocenters. The summed E-state index contributed by atoms with van der Waals surface area (Å²) in [5, 5.41) is 2.98. The maximum atomic E-state index is 11.3. The van der Waals surface area contributed by atoms with Crippen molar-refractivity contribution in [3.63, 3.8) is 0 Å². The van der Waals surface area contributed by atoms with E-state index in [1.165, 1.54) is 13.2 Å². The number of methoxy groups -OCH3 is 1. The molecular formula is C12H12ClNO3. The maximum Gasteiger partial charge on any atom is 0.325 e. The van der Waals surface area contributed by atoms with E-state index in [0.717, 1.165) is 5.56 Å². The molecule has 0 aromatic heterocycles. The first-order valence-electron chi connectivity index (χ1n) is 4.90. The molecule has 0 unspecified atom stereocenters. The molecule has 1 amide bonds. The van der Waals surface area contributed by atoms with Crippen molar-refractivity contribution < 1.29 is 14.3 Å². The van der Waals surface area contributed by atoms with Gasteiger partial charge >= 0.3 is 5.97 Å². The molecule has 0 saturated heterocycles. The highest BCUT2D eigenvalue weighted by Gasteiger charge is 2.01. The van der Waals surface area contributed by atoms with E-state index in [9.17, 15) is 9.59 Å². The van der Waals surface area contributed by atoms with Gasteiger partial charge in [0.25, 0.3) is 0 Å². The fraction of sp³-hybridized carbons (Fsp3) is 0.167. The van der Waals surface area contributed by atoms with Crippen molar-refractivity contribution in [3.05, 3.63) is 40.9 Å². The lowest BCUT2D eigenvalue weighted by atomic mass is 10.2. The Hall–Kier alpha value is -1.81. The molecule has 0 aliphatic rings. The molecule has 90 valence electrons. The number of hydrogen-bond acceptors (Lipinski definition) is 3. The second-order valence-corrected chi connectivity index (χ2v) is 3.62. The molecule has 1 N–H and O–H groups in total. The molecule has 0 saturated carbocycles. The summed E-state index contributed by atoms with van der Waals surface area (Å²) in [4.78, 5) is 22.0. The number of ether oxygens (including phenoxy) is 1. The number of hydrogen-bond donors (Lipinski definition) is 1. The lowest BCUT2D eigenvalue weighted by Gasteiger charge is -1.99. The number of halogens is 1. The number of esters is 1. The molecule has 5 heteroatoms. The standard InChI is InChI=1S/C12H12ClNO3/c1-17-12(16)8-14-11(15)6-5-9-3-2-4-10(13)7-9/h2-7H,8H2,1H3,(H,14,15). The van der Waals surface area contributed by atoms with Gasteiger partial charge in [0.2, 0.25) is 5.91 Å². The second kappa shape index (κ2) is 6.70. The third-order valence-corrected chi connectivity index (χ3v) is 2.15. The molecule has 0 aliphatic carbocycles. The van der Waals surface area contributed by atoms with Crippen LogP contribution in [0.4, 0.5) is 0 Å². The van der Waals surface area contributed by atoms with Gasteiger partial charge in [-0.25, -0.2) is 0 Å². The van der Waals surface area contributed by atoms with Gasteiger partial charge in [0.1, 0.15) is 6.54 Å². The zero-order valence-electron chi connectivity index (χ0n) is 9.27. The zero-order valence-corrected chi connectivity index (χ0v) is 10.0. The van der Waals surface area contributed by atoms with Crippen LogP contribution in [0.2, 0.25) is 5.02 Å². The van der Waals surface area contributed by atoms with Crippen LogP contribution in [0.25, 0.3) is 6.08 Å². The smallest absolute Gasteiger partial charge is 0.325 e. The average Bonchev–Trinajstić information content (AvgIpc) is 2.33. The molecule has 4 nitrogen and oxygen atoms in total. The van der Waals surface area contributed by atoms with Crippen LogP contribution in [-0.2, 0) is 14.3 Å². The Balaban J connectivity index is 2.48. The molecule has 0 radical (unpaired) electrons. The fourth-order valence-corrected chi connectivity index (χ4v) is 1.27. The molecule has 1 aromatic carbocycles. The van der Waals surface area contributed by atoms with Crippen LogP contribution >= 0.6 is 11.6 Å². The Morgan fingerprint density at radius 1 is 1.47 bits per heavy atom. The summed E-state index contributed by atoms with van der Waals surface area (Å²) in [6.45, 7) is -0.144. The lowest BCUT2D eigenvalue weighted by molar-refractivity contribution is -0.140. The van der Waals surface area contributed by atoms with Crippen molar-refractivity contribution in [3.8, 4) is 0 Å². The van der Waals surface area contributed by atoms with E-state index in [2.05, 4.69) is 10.1 Å². The van der Waals surface area contributed by atoms with E-state index in [4.69, 9.17) is 11.6 Å². The molecule has 0 aliphatic heterocycles. The minimum atomic E-state index is -0.491. The quantitative estimate of drug-likeness (QED) is 0.656. The maximum absolute atomic E-state index is 11.3. The van der Waals surface area contributed by atoms with Crippen LogP contribution in [0.3, 0.4) is 0 Å². The van der Waals surface area contributed by atoms with Crippen LogP contribution in [-0.4, -0.2) is 25.5 Å². The van der Waals surface area contributed by atoms with Crippen molar-refractivity contribution in [1.82, 2.24) is 5.32 Å². The van der Waals surface area contributed by atoms with Crippen LogP contribution in [0.1, 0.15) is 5.56 Å². The first kappa shape index (κ1) is 13.3. The third-order valence-electron chi connectivity index (χ3n) is 1.91. The molecule has 17 heavy (non-hydrogen) atoms. The fourth-order valence-electron chi connectivity index (χ4n) is 1.07. The summed E-state index contributed by atoms with van der Waals surface area (Å²) in [6, 6.07) is 7.08. The molecular weight excluding hydrogens is 242 g/mol. The molecule has 0 fully saturated rings. The number of benzene rings is 1. The number of nitrogens with one attached hydrogen (secondary N) is 1. The van der Waals surface area contributed by atoms with Gasteiger partial charge in [-0.05, 0) is 23.8 Å². The predicted octanol–water partition coefficient (Wildman–Crippen LogP) is 1.64. The van der Waals surface area contributed by atoms with Crippen LogP contribution in [0.5, 0.6) is 0 Å². The van der Waals surface area contributed by atoms with E-state index in [1.54, 1.807) is 24.3 Å². The minimum absolute atomic E-state index is 0.144.